The Kier molecular flexibility index (Phi) is 5.38. The van der Waals surface area contributed by atoms with Crippen LogP contribution < -0.4 is 4.74 Å². The molecule has 0 bridgehead atoms. The molecule has 0 aromatic heterocycles. The smallest absolute Gasteiger partial charge is 0.148 e. The highest BCUT2D eigenvalue weighted by Crippen LogP contribution is 2.26. The lowest BCUT2D eigenvalue weighted by molar-refractivity contribution is 0.368. The van der Waals surface area contributed by atoms with E-state index in [1.54, 1.807) is 0 Å². The molecule has 120 valence electrons. The third-order valence-electron chi connectivity index (χ3n) is 3.76. The second-order valence-corrected chi connectivity index (χ2v) is 6.58. The monoisotopic (exact) mass is 435 g/mol. The average Bonchev–Trinajstić information content (AvgIpc) is 2.65. The van der Waals surface area contributed by atoms with Crippen LogP contribution in [-0.4, -0.2) is 6.61 Å². The van der Waals surface area contributed by atoms with Crippen molar-refractivity contribution in [3.8, 4) is 24.2 Å². The van der Waals surface area contributed by atoms with Crippen molar-refractivity contribution in [1.82, 2.24) is 0 Å². The molecule has 2 nitrogen and oxygen atoms in total. The molecule has 0 aliphatic rings. The van der Waals surface area contributed by atoms with Crippen molar-refractivity contribution in [2.24, 2.45) is 0 Å². The van der Waals surface area contributed by atoms with Gasteiger partial charge in [-0.15, -0.1) is 6.42 Å². The summed E-state index contributed by atoms with van der Waals surface area (Å²) >= 11 is 2.20. The number of allylic oxidation sites excluding steroid dienone is 1. The summed E-state index contributed by atoms with van der Waals surface area (Å²) in [5.74, 6) is 3.20. The molecule has 0 atom stereocenters. The lowest BCUT2D eigenvalue weighted by Gasteiger charge is -2.07. The van der Waals surface area contributed by atoms with Crippen LogP contribution in [0, 0.1) is 27.2 Å². The van der Waals surface area contributed by atoms with Crippen molar-refractivity contribution in [1.29, 1.82) is 5.26 Å². The lowest BCUT2D eigenvalue weighted by Crippen LogP contribution is -1.95. The van der Waals surface area contributed by atoms with Gasteiger partial charge in [-0.1, -0.05) is 48.4 Å². The van der Waals surface area contributed by atoms with E-state index in [4.69, 9.17) is 11.2 Å². The van der Waals surface area contributed by atoms with E-state index in [1.807, 2.05) is 60.7 Å². The van der Waals surface area contributed by atoms with Crippen molar-refractivity contribution >= 4 is 45.0 Å². The van der Waals surface area contributed by atoms with Crippen LogP contribution in [0.15, 0.2) is 60.7 Å². The Morgan fingerprint density at radius 2 is 1.88 bits per heavy atom. The zero-order valence-corrected chi connectivity index (χ0v) is 15.5. The van der Waals surface area contributed by atoms with Gasteiger partial charge in [0.05, 0.1) is 15.2 Å². The molecule has 0 aliphatic carbocycles. The Hall–Kier alpha value is -2.76. The Labute approximate surface area is 160 Å². The van der Waals surface area contributed by atoms with Gasteiger partial charge in [0.1, 0.15) is 12.4 Å². The van der Waals surface area contributed by atoms with Crippen molar-refractivity contribution in [3.05, 3.63) is 75.4 Å². The van der Waals surface area contributed by atoms with E-state index in [9.17, 15) is 5.26 Å². The number of terminal acetylenes is 1. The first-order valence-electron chi connectivity index (χ1n) is 7.68. The van der Waals surface area contributed by atoms with E-state index < -0.39 is 0 Å². The summed E-state index contributed by atoms with van der Waals surface area (Å²) in [5.41, 5.74) is 2.48. The molecule has 0 N–H and O–H groups in total. The van der Waals surface area contributed by atoms with Crippen LogP contribution in [0.2, 0.25) is 0 Å². The fourth-order valence-corrected chi connectivity index (χ4v) is 3.24. The zero-order valence-electron chi connectivity index (χ0n) is 13.4. The number of fused-ring (bicyclic) bond motifs is 1. The highest BCUT2D eigenvalue weighted by Gasteiger charge is 2.05. The fraction of sp³-hybridized carbons (Fsp3) is 0.0455. The summed E-state index contributed by atoms with van der Waals surface area (Å²) in [6.07, 6.45) is 7.11. The van der Waals surface area contributed by atoms with Gasteiger partial charge in [0.25, 0.3) is 0 Å². The van der Waals surface area contributed by atoms with Crippen LogP contribution in [-0.2, 0) is 0 Å². The van der Waals surface area contributed by atoms with E-state index in [1.165, 1.54) is 0 Å². The van der Waals surface area contributed by atoms with Gasteiger partial charge in [-0.05, 0) is 68.8 Å². The maximum atomic E-state index is 9.59. The highest BCUT2D eigenvalue weighted by atomic mass is 127. The van der Waals surface area contributed by atoms with Gasteiger partial charge in [-0.2, -0.15) is 5.26 Å². The van der Waals surface area contributed by atoms with Crippen molar-refractivity contribution in [2.75, 3.05) is 6.61 Å². The van der Waals surface area contributed by atoms with Crippen LogP contribution in [0.25, 0.3) is 22.4 Å². The number of benzene rings is 3. The molecule has 3 aromatic rings. The Morgan fingerprint density at radius 1 is 1.08 bits per heavy atom. The van der Waals surface area contributed by atoms with Gasteiger partial charge in [-0.25, -0.2) is 0 Å². The normalized spacial score (nSPS) is 10.9. The molecule has 0 spiro atoms. The van der Waals surface area contributed by atoms with E-state index >= 15 is 0 Å². The molecule has 3 aromatic carbocycles. The van der Waals surface area contributed by atoms with Crippen molar-refractivity contribution in [3.63, 3.8) is 0 Å². The molecule has 0 fully saturated rings. The Bertz CT molecular complexity index is 1040. The minimum atomic E-state index is 0.242. The predicted octanol–water partition coefficient (Wildman–Crippen LogP) is 5.52. The minimum absolute atomic E-state index is 0.242. The minimum Gasteiger partial charge on any atom is -0.480 e. The number of ether oxygens (including phenoxy) is 1. The number of hydrogen-bond donors (Lipinski definition) is 0. The highest BCUT2D eigenvalue weighted by molar-refractivity contribution is 14.1. The van der Waals surface area contributed by atoms with E-state index in [0.717, 1.165) is 31.2 Å². The SMILES string of the molecule is C#CCOc1ccc(/C=C(/C#N)c2ccc3ccccc3c2)cc1I. The first-order chi connectivity index (χ1) is 12.2. The van der Waals surface area contributed by atoms with E-state index in [-0.39, 0.29) is 6.61 Å². The second kappa shape index (κ2) is 7.88. The molecule has 0 unspecified atom stereocenters. The first kappa shape index (κ1) is 17.1. The molecule has 0 saturated carbocycles. The summed E-state index contributed by atoms with van der Waals surface area (Å²) in [7, 11) is 0. The largest absolute Gasteiger partial charge is 0.480 e. The van der Waals surface area contributed by atoms with E-state index in [2.05, 4.69) is 40.6 Å². The number of nitriles is 1. The lowest BCUT2D eigenvalue weighted by atomic mass is 10.0. The fourth-order valence-electron chi connectivity index (χ4n) is 2.55. The predicted molar refractivity (Wildman–Crippen MR) is 111 cm³/mol. The van der Waals surface area contributed by atoms with Crippen LogP contribution in [0.3, 0.4) is 0 Å². The number of halogens is 1. The Balaban J connectivity index is 1.95. The Morgan fingerprint density at radius 3 is 2.60 bits per heavy atom. The van der Waals surface area contributed by atoms with Gasteiger partial charge in [0.2, 0.25) is 0 Å². The standard InChI is InChI=1S/C22H14INO/c1-2-11-25-22-10-7-16(13-21(22)23)12-20(15-24)19-9-8-17-5-3-4-6-18(17)14-19/h1,3-10,12-14H,11H2/b20-12-. The van der Waals surface area contributed by atoms with Gasteiger partial charge >= 0.3 is 0 Å². The maximum absolute atomic E-state index is 9.59. The van der Waals surface area contributed by atoms with Gasteiger partial charge in [0.15, 0.2) is 0 Å². The third kappa shape index (κ3) is 4.02. The second-order valence-electron chi connectivity index (χ2n) is 5.41. The van der Waals surface area contributed by atoms with E-state index in [0.29, 0.717) is 5.57 Å². The van der Waals surface area contributed by atoms with Gasteiger partial charge in [0, 0.05) is 0 Å². The summed E-state index contributed by atoms with van der Waals surface area (Å²) in [5, 5.41) is 11.9. The summed E-state index contributed by atoms with van der Waals surface area (Å²) in [4.78, 5) is 0. The quantitative estimate of drug-likeness (QED) is 0.234. The number of hydrogen-bond acceptors (Lipinski definition) is 2. The molecule has 3 rings (SSSR count). The molecular formula is C22H14INO. The van der Waals surface area contributed by atoms with Gasteiger partial charge in [-0.3, -0.25) is 0 Å². The summed E-state index contributed by atoms with van der Waals surface area (Å²) in [6, 6.07) is 22.3. The third-order valence-corrected chi connectivity index (χ3v) is 4.60. The maximum Gasteiger partial charge on any atom is 0.148 e. The molecule has 25 heavy (non-hydrogen) atoms. The van der Waals surface area contributed by atoms with Crippen LogP contribution in [0.1, 0.15) is 11.1 Å². The van der Waals surface area contributed by atoms with Crippen LogP contribution in [0.4, 0.5) is 0 Å². The van der Waals surface area contributed by atoms with Crippen LogP contribution >= 0.6 is 22.6 Å². The molecule has 0 saturated heterocycles. The number of nitrogens with zero attached hydrogens (tertiary/aromatic N) is 1. The molecule has 0 aliphatic heterocycles. The summed E-state index contributed by atoms with van der Waals surface area (Å²) in [6.45, 7) is 0.242. The zero-order chi connectivity index (χ0) is 17.6. The molecule has 0 amide bonds. The van der Waals surface area contributed by atoms with Crippen molar-refractivity contribution in [2.45, 2.75) is 0 Å². The average molecular weight is 435 g/mol. The molecular weight excluding hydrogens is 421 g/mol. The molecule has 0 radical (unpaired) electrons. The first-order valence-corrected chi connectivity index (χ1v) is 8.76. The van der Waals surface area contributed by atoms with Crippen molar-refractivity contribution < 1.29 is 4.74 Å². The molecule has 0 heterocycles. The summed E-state index contributed by atoms with van der Waals surface area (Å²) < 4.78 is 6.43. The number of rotatable bonds is 4. The molecule has 3 heteroatoms. The van der Waals surface area contributed by atoms with Crippen LogP contribution in [0.5, 0.6) is 5.75 Å². The van der Waals surface area contributed by atoms with Gasteiger partial charge < -0.3 is 4.74 Å². The topological polar surface area (TPSA) is 33.0 Å².